The minimum absolute atomic E-state index is 0.356. The van der Waals surface area contributed by atoms with Gasteiger partial charge in [0.05, 0.1) is 5.69 Å². The van der Waals surface area contributed by atoms with Crippen molar-refractivity contribution in [3.05, 3.63) is 35.9 Å². The third-order valence-electron chi connectivity index (χ3n) is 2.61. The second-order valence-corrected chi connectivity index (χ2v) is 4.08. The van der Waals surface area contributed by atoms with E-state index >= 15 is 0 Å². The molecular formula is C14H18N4O2. The minimum atomic E-state index is 0.356. The molecule has 0 amide bonds. The highest BCUT2D eigenvalue weighted by Gasteiger charge is 2.08. The highest BCUT2D eigenvalue weighted by atomic mass is 16.5. The molecule has 2 aromatic rings. The zero-order valence-electron chi connectivity index (χ0n) is 11.9. The average Bonchev–Trinajstić information content (AvgIpc) is 2.47. The number of aromatic nitrogens is 3. The number of anilines is 1. The van der Waals surface area contributed by atoms with Gasteiger partial charge in [0.25, 0.3) is 0 Å². The van der Waals surface area contributed by atoms with Crippen LogP contribution in [0.4, 0.5) is 5.82 Å². The number of hydrogen-bond donors (Lipinski definition) is 1. The first-order valence-electron chi connectivity index (χ1n) is 6.46. The zero-order chi connectivity index (χ0) is 14.4. The molecule has 2 aromatic heterocycles. The smallest absolute Gasteiger partial charge is 0.224 e. The van der Waals surface area contributed by atoms with Gasteiger partial charge in [-0.05, 0) is 26.0 Å². The fourth-order valence-electron chi connectivity index (χ4n) is 1.60. The van der Waals surface area contributed by atoms with E-state index < -0.39 is 0 Å². The van der Waals surface area contributed by atoms with Gasteiger partial charge in [-0.15, -0.1) is 0 Å². The summed E-state index contributed by atoms with van der Waals surface area (Å²) in [6.45, 7) is 4.79. The van der Waals surface area contributed by atoms with Gasteiger partial charge in [-0.2, -0.15) is 4.98 Å². The summed E-state index contributed by atoms with van der Waals surface area (Å²) in [6, 6.07) is 5.41. The Kier molecular flexibility index (Phi) is 4.84. The maximum Gasteiger partial charge on any atom is 0.224 e. The van der Waals surface area contributed by atoms with Crippen LogP contribution in [0.3, 0.4) is 0 Å². The lowest BCUT2D eigenvalue weighted by Crippen LogP contribution is -2.04. The van der Waals surface area contributed by atoms with Crippen molar-refractivity contribution in [1.29, 1.82) is 0 Å². The van der Waals surface area contributed by atoms with Crippen LogP contribution in [-0.2, 0) is 11.3 Å². The summed E-state index contributed by atoms with van der Waals surface area (Å²) >= 11 is 0. The quantitative estimate of drug-likeness (QED) is 0.873. The summed E-state index contributed by atoms with van der Waals surface area (Å²) < 4.78 is 11.1. The van der Waals surface area contributed by atoms with E-state index in [9.17, 15) is 0 Å². The average molecular weight is 274 g/mol. The summed E-state index contributed by atoms with van der Waals surface area (Å²) in [5.74, 6) is 2.41. The van der Waals surface area contributed by atoms with Gasteiger partial charge in [-0.25, -0.2) is 4.98 Å². The van der Waals surface area contributed by atoms with Crippen LogP contribution in [0.15, 0.2) is 24.4 Å². The lowest BCUT2D eigenvalue weighted by Gasteiger charge is -2.10. The summed E-state index contributed by atoms with van der Waals surface area (Å²) in [6.07, 6.45) is 1.72. The van der Waals surface area contributed by atoms with Crippen LogP contribution in [0.5, 0.6) is 11.6 Å². The topological polar surface area (TPSA) is 69.2 Å². The van der Waals surface area contributed by atoms with Crippen molar-refractivity contribution in [3.63, 3.8) is 0 Å². The molecule has 106 valence electrons. The van der Waals surface area contributed by atoms with Gasteiger partial charge in [0.15, 0.2) is 11.6 Å². The third-order valence-corrected chi connectivity index (χ3v) is 2.61. The van der Waals surface area contributed by atoms with Crippen molar-refractivity contribution < 1.29 is 9.47 Å². The Balaban J connectivity index is 2.24. The van der Waals surface area contributed by atoms with E-state index in [4.69, 9.17) is 9.47 Å². The monoisotopic (exact) mass is 274 g/mol. The second kappa shape index (κ2) is 6.81. The van der Waals surface area contributed by atoms with E-state index in [2.05, 4.69) is 20.3 Å². The molecule has 0 aliphatic carbocycles. The van der Waals surface area contributed by atoms with Crippen molar-refractivity contribution >= 4 is 5.82 Å². The van der Waals surface area contributed by atoms with Gasteiger partial charge in [-0.1, -0.05) is 0 Å². The van der Waals surface area contributed by atoms with Crippen molar-refractivity contribution in [1.82, 2.24) is 15.0 Å². The van der Waals surface area contributed by atoms with Gasteiger partial charge in [0.1, 0.15) is 12.4 Å². The normalized spacial score (nSPS) is 10.3. The number of hydrogen-bond acceptors (Lipinski definition) is 6. The van der Waals surface area contributed by atoms with Crippen LogP contribution >= 0.6 is 0 Å². The summed E-state index contributed by atoms with van der Waals surface area (Å²) in [5, 5.41) is 2.98. The number of nitrogens with zero attached hydrogens (tertiary/aromatic N) is 3. The molecule has 0 aromatic carbocycles. The van der Waals surface area contributed by atoms with Gasteiger partial charge < -0.3 is 14.8 Å². The summed E-state index contributed by atoms with van der Waals surface area (Å²) in [4.78, 5) is 12.8. The molecule has 20 heavy (non-hydrogen) atoms. The van der Waals surface area contributed by atoms with Crippen LogP contribution in [0.25, 0.3) is 0 Å². The number of rotatable bonds is 6. The predicted octanol–water partition coefficient (Wildman–Crippen LogP) is 2.55. The number of pyridine rings is 1. The van der Waals surface area contributed by atoms with Gasteiger partial charge >= 0.3 is 0 Å². The van der Waals surface area contributed by atoms with Gasteiger partial charge in [0.2, 0.25) is 5.88 Å². The Morgan fingerprint density at radius 1 is 1.30 bits per heavy atom. The Hall–Kier alpha value is -2.21. The predicted molar refractivity (Wildman–Crippen MR) is 76.0 cm³/mol. The van der Waals surface area contributed by atoms with Gasteiger partial charge in [0, 0.05) is 25.9 Å². The molecule has 0 aliphatic rings. The Labute approximate surface area is 118 Å². The summed E-state index contributed by atoms with van der Waals surface area (Å²) in [5.41, 5.74) is 0.809. The maximum atomic E-state index is 5.76. The molecule has 1 N–H and O–H groups in total. The van der Waals surface area contributed by atoms with Crippen molar-refractivity contribution in [2.75, 3.05) is 19.0 Å². The standard InChI is InChI=1S/C14H18N4O2/c1-4-19-9-13-17-12(15-3)8-14(18-13)20-11-6-5-7-16-10(11)2/h5-8H,4,9H2,1-3H3,(H,15,17,18). The third kappa shape index (κ3) is 3.64. The van der Waals surface area contributed by atoms with Crippen molar-refractivity contribution in [2.45, 2.75) is 20.5 Å². The molecule has 2 heterocycles. The van der Waals surface area contributed by atoms with Crippen LogP contribution in [-0.4, -0.2) is 28.6 Å². The van der Waals surface area contributed by atoms with Gasteiger partial charge in [-0.3, -0.25) is 4.98 Å². The maximum absolute atomic E-state index is 5.76. The first-order valence-corrected chi connectivity index (χ1v) is 6.46. The van der Waals surface area contributed by atoms with E-state index in [-0.39, 0.29) is 0 Å². The molecule has 0 saturated heterocycles. The van der Waals surface area contributed by atoms with Crippen LogP contribution < -0.4 is 10.1 Å². The Morgan fingerprint density at radius 2 is 2.15 bits per heavy atom. The van der Waals surface area contributed by atoms with Crippen molar-refractivity contribution in [3.8, 4) is 11.6 Å². The second-order valence-electron chi connectivity index (χ2n) is 4.08. The fourth-order valence-corrected chi connectivity index (χ4v) is 1.60. The molecule has 0 atom stereocenters. The number of nitrogens with one attached hydrogen (secondary N) is 1. The molecule has 0 unspecified atom stereocenters. The molecule has 6 heteroatoms. The Morgan fingerprint density at radius 3 is 2.85 bits per heavy atom. The number of aryl methyl sites for hydroxylation is 1. The largest absolute Gasteiger partial charge is 0.437 e. The van der Waals surface area contributed by atoms with Crippen LogP contribution in [0.1, 0.15) is 18.4 Å². The Bertz CT molecular complexity index is 575. The lowest BCUT2D eigenvalue weighted by atomic mass is 10.3. The van der Waals surface area contributed by atoms with E-state index in [1.54, 1.807) is 19.3 Å². The van der Waals surface area contributed by atoms with E-state index in [1.165, 1.54) is 0 Å². The van der Waals surface area contributed by atoms with Crippen LogP contribution in [0.2, 0.25) is 0 Å². The molecule has 0 saturated carbocycles. The molecule has 6 nitrogen and oxygen atoms in total. The van der Waals surface area contributed by atoms with E-state index in [0.717, 1.165) is 5.69 Å². The molecule has 0 fully saturated rings. The van der Waals surface area contributed by atoms with Crippen molar-refractivity contribution in [2.24, 2.45) is 0 Å². The first kappa shape index (κ1) is 14.2. The molecule has 0 aliphatic heterocycles. The minimum Gasteiger partial charge on any atom is -0.437 e. The first-order chi connectivity index (χ1) is 9.72. The zero-order valence-corrected chi connectivity index (χ0v) is 11.9. The molecule has 0 bridgehead atoms. The highest BCUT2D eigenvalue weighted by molar-refractivity contribution is 5.40. The molecular weight excluding hydrogens is 256 g/mol. The molecule has 0 spiro atoms. The highest BCUT2D eigenvalue weighted by Crippen LogP contribution is 2.23. The fraction of sp³-hybridized carbons (Fsp3) is 0.357. The molecule has 0 radical (unpaired) electrons. The number of ether oxygens (including phenoxy) is 2. The SMILES string of the molecule is CCOCc1nc(NC)cc(Oc2cccnc2C)n1. The molecule has 2 rings (SSSR count). The van der Waals surface area contributed by atoms with Crippen LogP contribution in [0, 0.1) is 6.92 Å². The van der Waals surface area contributed by atoms with E-state index in [1.807, 2.05) is 26.0 Å². The summed E-state index contributed by atoms with van der Waals surface area (Å²) in [7, 11) is 1.80. The van der Waals surface area contributed by atoms with E-state index in [0.29, 0.717) is 36.5 Å². The lowest BCUT2D eigenvalue weighted by molar-refractivity contribution is 0.128.